The van der Waals surface area contributed by atoms with Crippen molar-refractivity contribution < 1.29 is 9.53 Å². The Bertz CT molecular complexity index is 354. The first kappa shape index (κ1) is 16.6. The summed E-state index contributed by atoms with van der Waals surface area (Å²) in [7, 11) is 0. The maximum atomic E-state index is 12.1. The molecule has 122 valence electrons. The van der Waals surface area contributed by atoms with Crippen LogP contribution in [0, 0.1) is 0 Å². The van der Waals surface area contributed by atoms with Gasteiger partial charge in [-0.15, -0.1) is 0 Å². The lowest BCUT2D eigenvalue weighted by Gasteiger charge is -2.26. The second kappa shape index (κ2) is 6.97. The van der Waals surface area contributed by atoms with Gasteiger partial charge >= 0.3 is 6.09 Å². The third-order valence-corrected chi connectivity index (χ3v) is 4.32. The number of nitrogens with zero attached hydrogens (tertiary/aromatic N) is 1. The standard InChI is InChI=1S/C16H31N3O2/c1-16(2,3)21-15(20)19-9-4-5-13(8-10-19)18-14-7-6-12(17)11-14/h12-14,18H,4-11,17H2,1-3H3. The normalized spacial score (nSPS) is 31.0. The fourth-order valence-corrected chi connectivity index (χ4v) is 3.27. The highest BCUT2D eigenvalue weighted by Gasteiger charge is 2.28. The van der Waals surface area contributed by atoms with Gasteiger partial charge < -0.3 is 20.7 Å². The molecule has 5 heteroatoms. The van der Waals surface area contributed by atoms with E-state index in [0.717, 1.165) is 45.2 Å². The van der Waals surface area contributed by atoms with Gasteiger partial charge in [0.25, 0.3) is 0 Å². The molecule has 1 amide bonds. The van der Waals surface area contributed by atoms with Gasteiger partial charge in [0.2, 0.25) is 0 Å². The van der Waals surface area contributed by atoms with E-state index in [9.17, 15) is 4.79 Å². The van der Waals surface area contributed by atoms with Crippen molar-refractivity contribution in [1.29, 1.82) is 0 Å². The maximum absolute atomic E-state index is 12.1. The molecule has 1 saturated heterocycles. The van der Waals surface area contributed by atoms with Gasteiger partial charge in [-0.25, -0.2) is 4.79 Å². The second-order valence-corrected chi connectivity index (χ2v) is 7.53. The van der Waals surface area contributed by atoms with Crippen LogP contribution in [0.25, 0.3) is 0 Å². The Morgan fingerprint density at radius 3 is 2.52 bits per heavy atom. The summed E-state index contributed by atoms with van der Waals surface area (Å²) in [5, 5.41) is 3.74. The van der Waals surface area contributed by atoms with Gasteiger partial charge in [-0.3, -0.25) is 0 Å². The molecule has 2 fully saturated rings. The first-order chi connectivity index (χ1) is 9.83. The zero-order valence-electron chi connectivity index (χ0n) is 13.7. The van der Waals surface area contributed by atoms with Crippen LogP contribution in [0.4, 0.5) is 4.79 Å². The Labute approximate surface area is 128 Å². The molecule has 1 heterocycles. The average Bonchev–Trinajstić information content (AvgIpc) is 2.62. The summed E-state index contributed by atoms with van der Waals surface area (Å²) in [5.41, 5.74) is 5.56. The molecule has 0 radical (unpaired) electrons. The molecule has 1 saturated carbocycles. The van der Waals surface area contributed by atoms with Gasteiger partial charge in [0.15, 0.2) is 0 Å². The molecule has 3 unspecified atom stereocenters. The molecular weight excluding hydrogens is 266 g/mol. The quantitative estimate of drug-likeness (QED) is 0.820. The molecular formula is C16H31N3O2. The third-order valence-electron chi connectivity index (χ3n) is 4.32. The number of amides is 1. The average molecular weight is 297 g/mol. The van der Waals surface area contributed by atoms with Crippen LogP contribution in [0.15, 0.2) is 0 Å². The summed E-state index contributed by atoms with van der Waals surface area (Å²) >= 11 is 0. The SMILES string of the molecule is CC(C)(C)OC(=O)N1CCCC(NC2CCC(N)C2)CC1. The molecule has 1 aliphatic carbocycles. The maximum Gasteiger partial charge on any atom is 0.410 e. The molecule has 2 aliphatic rings. The molecule has 0 aromatic rings. The molecule has 5 nitrogen and oxygen atoms in total. The zero-order valence-corrected chi connectivity index (χ0v) is 13.7. The first-order valence-electron chi connectivity index (χ1n) is 8.33. The fourth-order valence-electron chi connectivity index (χ4n) is 3.27. The Hall–Kier alpha value is -0.810. The number of hydrogen-bond acceptors (Lipinski definition) is 4. The highest BCUT2D eigenvalue weighted by atomic mass is 16.6. The minimum atomic E-state index is -0.416. The van der Waals surface area contributed by atoms with E-state index >= 15 is 0 Å². The molecule has 0 bridgehead atoms. The number of likely N-dealkylation sites (tertiary alicyclic amines) is 1. The van der Waals surface area contributed by atoms with Crippen molar-refractivity contribution in [1.82, 2.24) is 10.2 Å². The van der Waals surface area contributed by atoms with E-state index < -0.39 is 5.60 Å². The minimum absolute atomic E-state index is 0.175. The van der Waals surface area contributed by atoms with E-state index in [1.807, 2.05) is 25.7 Å². The lowest BCUT2D eigenvalue weighted by Crippen LogP contribution is -2.40. The highest BCUT2D eigenvalue weighted by molar-refractivity contribution is 5.68. The zero-order chi connectivity index (χ0) is 15.5. The van der Waals surface area contributed by atoms with E-state index in [-0.39, 0.29) is 6.09 Å². The molecule has 3 atom stereocenters. The van der Waals surface area contributed by atoms with Crippen LogP contribution in [0.5, 0.6) is 0 Å². The Kier molecular flexibility index (Phi) is 5.49. The predicted molar refractivity (Wildman–Crippen MR) is 84.2 cm³/mol. The summed E-state index contributed by atoms with van der Waals surface area (Å²) in [6.45, 7) is 7.33. The van der Waals surface area contributed by atoms with Crippen molar-refractivity contribution in [3.63, 3.8) is 0 Å². The van der Waals surface area contributed by atoms with Crippen molar-refractivity contribution in [2.24, 2.45) is 5.73 Å². The van der Waals surface area contributed by atoms with Crippen molar-refractivity contribution in [2.75, 3.05) is 13.1 Å². The van der Waals surface area contributed by atoms with Crippen LogP contribution < -0.4 is 11.1 Å². The van der Waals surface area contributed by atoms with Crippen LogP contribution in [-0.2, 0) is 4.74 Å². The summed E-state index contributed by atoms with van der Waals surface area (Å²) in [5.74, 6) is 0. The third kappa shape index (κ3) is 5.47. The van der Waals surface area contributed by atoms with Gasteiger partial charge in [-0.05, 0) is 59.3 Å². The number of ether oxygens (including phenoxy) is 1. The van der Waals surface area contributed by atoms with Crippen LogP contribution in [-0.4, -0.2) is 47.8 Å². The second-order valence-electron chi connectivity index (χ2n) is 7.53. The molecule has 1 aliphatic heterocycles. The summed E-state index contributed by atoms with van der Waals surface area (Å²) in [6.07, 6.45) is 6.41. The van der Waals surface area contributed by atoms with Crippen LogP contribution >= 0.6 is 0 Å². The van der Waals surface area contributed by atoms with E-state index in [2.05, 4.69) is 5.32 Å². The van der Waals surface area contributed by atoms with E-state index in [0.29, 0.717) is 18.1 Å². The number of rotatable bonds is 2. The lowest BCUT2D eigenvalue weighted by molar-refractivity contribution is 0.0256. The highest BCUT2D eigenvalue weighted by Crippen LogP contribution is 2.21. The molecule has 0 aromatic carbocycles. The fraction of sp³-hybridized carbons (Fsp3) is 0.938. The van der Waals surface area contributed by atoms with Crippen molar-refractivity contribution >= 4 is 6.09 Å². The minimum Gasteiger partial charge on any atom is -0.444 e. The number of carbonyl (C=O) groups excluding carboxylic acids is 1. The lowest BCUT2D eigenvalue weighted by atomic mass is 10.1. The molecule has 21 heavy (non-hydrogen) atoms. The summed E-state index contributed by atoms with van der Waals surface area (Å²) < 4.78 is 5.47. The molecule has 0 aromatic heterocycles. The van der Waals surface area contributed by atoms with Crippen molar-refractivity contribution in [2.45, 2.75) is 83.0 Å². The van der Waals surface area contributed by atoms with Gasteiger partial charge in [0, 0.05) is 31.2 Å². The Balaban J connectivity index is 1.77. The van der Waals surface area contributed by atoms with Crippen LogP contribution in [0.2, 0.25) is 0 Å². The van der Waals surface area contributed by atoms with Gasteiger partial charge in [-0.2, -0.15) is 0 Å². The van der Waals surface area contributed by atoms with E-state index in [4.69, 9.17) is 10.5 Å². The number of nitrogens with one attached hydrogen (secondary N) is 1. The van der Waals surface area contributed by atoms with Gasteiger partial charge in [0.05, 0.1) is 0 Å². The molecule has 3 N–H and O–H groups in total. The number of carbonyl (C=O) groups is 1. The van der Waals surface area contributed by atoms with Crippen molar-refractivity contribution in [3.05, 3.63) is 0 Å². The predicted octanol–water partition coefficient (Wildman–Crippen LogP) is 2.25. The molecule has 0 spiro atoms. The monoisotopic (exact) mass is 297 g/mol. The van der Waals surface area contributed by atoms with Crippen LogP contribution in [0.3, 0.4) is 0 Å². The largest absolute Gasteiger partial charge is 0.444 e. The summed E-state index contributed by atoms with van der Waals surface area (Å²) in [4.78, 5) is 14.0. The van der Waals surface area contributed by atoms with E-state index in [1.54, 1.807) is 0 Å². The number of nitrogens with two attached hydrogens (primary N) is 1. The van der Waals surface area contributed by atoms with Gasteiger partial charge in [-0.1, -0.05) is 0 Å². The van der Waals surface area contributed by atoms with Gasteiger partial charge in [0.1, 0.15) is 5.60 Å². The smallest absolute Gasteiger partial charge is 0.410 e. The Morgan fingerprint density at radius 1 is 1.14 bits per heavy atom. The van der Waals surface area contributed by atoms with Crippen molar-refractivity contribution in [3.8, 4) is 0 Å². The topological polar surface area (TPSA) is 67.6 Å². The summed E-state index contributed by atoms with van der Waals surface area (Å²) in [6, 6.07) is 1.44. The Morgan fingerprint density at radius 2 is 1.90 bits per heavy atom. The number of hydrogen-bond donors (Lipinski definition) is 2. The first-order valence-corrected chi connectivity index (χ1v) is 8.33. The van der Waals surface area contributed by atoms with Crippen LogP contribution in [0.1, 0.15) is 59.3 Å². The van der Waals surface area contributed by atoms with E-state index in [1.165, 1.54) is 6.42 Å². The molecule has 2 rings (SSSR count).